The Kier molecular flexibility index (Phi) is 4.67. The van der Waals surface area contributed by atoms with E-state index in [1.54, 1.807) is 0 Å². The van der Waals surface area contributed by atoms with Crippen LogP contribution in [0, 0.1) is 31.6 Å². The maximum Gasteiger partial charge on any atom is 0.0326 e. The number of rotatable bonds is 3. The zero-order valence-electron chi connectivity index (χ0n) is 12.9. The molecule has 1 heteroatoms. The van der Waals surface area contributed by atoms with E-state index in [1.807, 2.05) is 0 Å². The minimum absolute atomic E-state index is 0.230. The van der Waals surface area contributed by atoms with Crippen LogP contribution in [0.15, 0.2) is 18.2 Å². The third kappa shape index (κ3) is 3.20. The summed E-state index contributed by atoms with van der Waals surface area (Å²) in [6.45, 7) is 9.11. The highest BCUT2D eigenvalue weighted by Gasteiger charge is 2.28. The summed E-state index contributed by atoms with van der Waals surface area (Å²) in [6.07, 6.45) is 5.33. The molecule has 106 valence electrons. The lowest BCUT2D eigenvalue weighted by molar-refractivity contribution is 0.203. The Morgan fingerprint density at radius 3 is 2.16 bits per heavy atom. The van der Waals surface area contributed by atoms with Crippen molar-refractivity contribution in [1.29, 1.82) is 0 Å². The summed E-state index contributed by atoms with van der Waals surface area (Å²) in [5.41, 5.74) is 10.7. The number of benzene rings is 1. The summed E-state index contributed by atoms with van der Waals surface area (Å²) in [4.78, 5) is 0. The largest absolute Gasteiger partial charge is 0.324 e. The van der Waals surface area contributed by atoms with Crippen molar-refractivity contribution in [2.75, 3.05) is 0 Å². The van der Waals surface area contributed by atoms with E-state index in [-0.39, 0.29) is 6.04 Å². The van der Waals surface area contributed by atoms with E-state index in [0.717, 1.165) is 11.8 Å². The van der Waals surface area contributed by atoms with E-state index < -0.39 is 0 Å². The zero-order chi connectivity index (χ0) is 14.0. The zero-order valence-corrected chi connectivity index (χ0v) is 12.9. The molecule has 0 heterocycles. The molecule has 0 aliphatic heterocycles. The second-order valence-corrected chi connectivity index (χ2v) is 6.73. The molecule has 1 unspecified atom stereocenters. The van der Waals surface area contributed by atoms with Gasteiger partial charge in [0, 0.05) is 6.04 Å². The van der Waals surface area contributed by atoms with Crippen LogP contribution < -0.4 is 5.73 Å². The third-order valence-electron chi connectivity index (χ3n) is 5.27. The predicted molar refractivity (Wildman–Crippen MR) is 83.1 cm³/mol. The molecule has 0 amide bonds. The summed E-state index contributed by atoms with van der Waals surface area (Å²) < 4.78 is 0. The quantitative estimate of drug-likeness (QED) is 0.831. The Balaban J connectivity index is 2.05. The van der Waals surface area contributed by atoms with Gasteiger partial charge >= 0.3 is 0 Å². The average molecular weight is 259 g/mol. The van der Waals surface area contributed by atoms with Gasteiger partial charge in [0.15, 0.2) is 0 Å². The Bertz CT molecular complexity index is 414. The van der Waals surface area contributed by atoms with Gasteiger partial charge in [-0.1, -0.05) is 32.0 Å². The predicted octanol–water partition coefficient (Wildman–Crippen LogP) is 4.77. The van der Waals surface area contributed by atoms with Gasteiger partial charge in [-0.25, -0.2) is 0 Å². The molecule has 19 heavy (non-hydrogen) atoms. The van der Waals surface area contributed by atoms with Crippen LogP contribution in [-0.2, 0) is 0 Å². The summed E-state index contributed by atoms with van der Waals surface area (Å²) in [5.74, 6) is 2.43. The first kappa shape index (κ1) is 14.6. The molecule has 2 N–H and O–H groups in total. The van der Waals surface area contributed by atoms with Crippen LogP contribution in [0.25, 0.3) is 0 Å². The van der Waals surface area contributed by atoms with Crippen LogP contribution in [0.1, 0.15) is 62.3 Å². The molecule has 0 saturated heterocycles. The Labute approximate surface area is 118 Å². The Hall–Kier alpha value is -0.820. The van der Waals surface area contributed by atoms with E-state index in [2.05, 4.69) is 45.9 Å². The summed E-state index contributed by atoms with van der Waals surface area (Å²) in [6, 6.07) is 6.79. The molecule has 1 saturated carbocycles. The maximum absolute atomic E-state index is 6.56. The van der Waals surface area contributed by atoms with Crippen LogP contribution in [0.2, 0.25) is 0 Å². The van der Waals surface area contributed by atoms with Crippen LogP contribution in [-0.4, -0.2) is 0 Å². The lowest BCUT2D eigenvalue weighted by atomic mass is 9.73. The third-order valence-corrected chi connectivity index (χ3v) is 5.27. The van der Waals surface area contributed by atoms with Gasteiger partial charge in [-0.05, 0) is 74.0 Å². The highest BCUT2D eigenvalue weighted by atomic mass is 14.7. The fraction of sp³-hybridized carbons (Fsp3) is 0.667. The standard InChI is InChI=1S/C18H29N/c1-12(2)15-8-10-16(11-9-15)18(19)17-7-5-6-13(3)14(17)4/h5-7,12,15-16,18H,8-11,19H2,1-4H3. The molecule has 1 aliphatic carbocycles. The first-order valence-electron chi connectivity index (χ1n) is 7.82. The number of nitrogens with two attached hydrogens (primary N) is 1. The first-order valence-corrected chi connectivity index (χ1v) is 7.82. The highest BCUT2D eigenvalue weighted by molar-refractivity contribution is 5.35. The van der Waals surface area contributed by atoms with Crippen molar-refractivity contribution in [3.8, 4) is 0 Å². The molecule has 0 spiro atoms. The molecule has 0 radical (unpaired) electrons. The van der Waals surface area contributed by atoms with E-state index in [1.165, 1.54) is 42.4 Å². The summed E-state index contributed by atoms with van der Waals surface area (Å²) in [7, 11) is 0. The number of hydrogen-bond acceptors (Lipinski definition) is 1. The topological polar surface area (TPSA) is 26.0 Å². The summed E-state index contributed by atoms with van der Waals surface area (Å²) in [5, 5.41) is 0. The normalized spacial score (nSPS) is 25.6. The van der Waals surface area contributed by atoms with Crippen molar-refractivity contribution in [3.05, 3.63) is 34.9 Å². The van der Waals surface area contributed by atoms with Crippen molar-refractivity contribution in [1.82, 2.24) is 0 Å². The van der Waals surface area contributed by atoms with E-state index >= 15 is 0 Å². The molecular weight excluding hydrogens is 230 g/mol. The molecule has 1 nitrogen and oxygen atoms in total. The monoisotopic (exact) mass is 259 g/mol. The second-order valence-electron chi connectivity index (χ2n) is 6.73. The van der Waals surface area contributed by atoms with Crippen LogP contribution >= 0.6 is 0 Å². The van der Waals surface area contributed by atoms with E-state index in [9.17, 15) is 0 Å². The van der Waals surface area contributed by atoms with E-state index in [0.29, 0.717) is 5.92 Å². The fourth-order valence-corrected chi connectivity index (χ4v) is 3.56. The smallest absolute Gasteiger partial charge is 0.0326 e. The fourth-order valence-electron chi connectivity index (χ4n) is 3.56. The molecule has 1 aromatic rings. The molecule has 0 bridgehead atoms. The highest BCUT2D eigenvalue weighted by Crippen LogP contribution is 2.39. The van der Waals surface area contributed by atoms with E-state index in [4.69, 9.17) is 5.73 Å². The molecule has 1 aliphatic rings. The van der Waals surface area contributed by atoms with Crippen LogP contribution in [0.3, 0.4) is 0 Å². The van der Waals surface area contributed by atoms with Crippen molar-refractivity contribution in [3.63, 3.8) is 0 Å². The van der Waals surface area contributed by atoms with Crippen molar-refractivity contribution in [2.24, 2.45) is 23.5 Å². The van der Waals surface area contributed by atoms with Crippen LogP contribution in [0.5, 0.6) is 0 Å². The van der Waals surface area contributed by atoms with Crippen LogP contribution in [0.4, 0.5) is 0 Å². The molecule has 1 aromatic carbocycles. The molecule has 1 fully saturated rings. The SMILES string of the molecule is Cc1cccc(C(N)C2CCC(C(C)C)CC2)c1C. The van der Waals surface area contributed by atoms with Crippen molar-refractivity contribution >= 4 is 0 Å². The molecule has 1 atom stereocenters. The van der Waals surface area contributed by atoms with Crippen molar-refractivity contribution < 1.29 is 0 Å². The van der Waals surface area contributed by atoms with Gasteiger partial charge in [-0.3, -0.25) is 0 Å². The lowest BCUT2D eigenvalue weighted by Crippen LogP contribution is -2.28. The van der Waals surface area contributed by atoms with Gasteiger partial charge in [0.05, 0.1) is 0 Å². The van der Waals surface area contributed by atoms with Gasteiger partial charge in [0.25, 0.3) is 0 Å². The van der Waals surface area contributed by atoms with Gasteiger partial charge in [0.1, 0.15) is 0 Å². The minimum atomic E-state index is 0.230. The second kappa shape index (κ2) is 6.09. The minimum Gasteiger partial charge on any atom is -0.324 e. The number of aryl methyl sites for hydroxylation is 1. The maximum atomic E-state index is 6.56. The Morgan fingerprint density at radius 2 is 1.58 bits per heavy atom. The van der Waals surface area contributed by atoms with Gasteiger partial charge in [-0.2, -0.15) is 0 Å². The average Bonchev–Trinajstić information content (AvgIpc) is 2.41. The lowest BCUT2D eigenvalue weighted by Gasteiger charge is -2.34. The Morgan fingerprint density at radius 1 is 1.00 bits per heavy atom. The molecule has 0 aromatic heterocycles. The molecular formula is C18H29N. The van der Waals surface area contributed by atoms with Crippen molar-refractivity contribution in [2.45, 2.75) is 59.4 Å². The first-order chi connectivity index (χ1) is 9.00. The van der Waals surface area contributed by atoms with Gasteiger partial charge < -0.3 is 5.73 Å². The number of hydrogen-bond donors (Lipinski definition) is 1. The summed E-state index contributed by atoms with van der Waals surface area (Å²) >= 11 is 0. The molecule has 2 rings (SSSR count). The van der Waals surface area contributed by atoms with Gasteiger partial charge in [-0.15, -0.1) is 0 Å². The van der Waals surface area contributed by atoms with Gasteiger partial charge in [0.2, 0.25) is 0 Å².